The molecule has 0 fully saturated rings. The van der Waals surface area contributed by atoms with Gasteiger partial charge in [0.1, 0.15) is 0 Å². The lowest BCUT2D eigenvalue weighted by Gasteiger charge is -1.98. The second-order valence-electron chi connectivity index (χ2n) is 2.33. The Hall–Kier alpha value is -0.790. The van der Waals surface area contributed by atoms with E-state index in [4.69, 9.17) is 4.74 Å². The Morgan fingerprint density at radius 1 is 1.45 bits per heavy atom. The van der Waals surface area contributed by atoms with E-state index in [0.29, 0.717) is 6.61 Å². The summed E-state index contributed by atoms with van der Waals surface area (Å²) in [6.07, 6.45) is 6.17. The Kier molecular flexibility index (Phi) is 6.79. The van der Waals surface area contributed by atoms with Crippen LogP contribution >= 0.6 is 0 Å². The third-order valence-corrected chi connectivity index (χ3v) is 1.23. The number of carbonyl (C=O) groups is 1. The summed E-state index contributed by atoms with van der Waals surface area (Å²) in [5.74, 6) is -0.222. The molecule has 0 spiro atoms. The molecular weight excluding hydrogens is 140 g/mol. The number of hydrogen-bond donors (Lipinski definition) is 0. The number of carbonyl (C=O) groups excluding carboxylic acids is 1. The van der Waals surface area contributed by atoms with Gasteiger partial charge in [-0.05, 0) is 12.8 Å². The lowest BCUT2D eigenvalue weighted by Crippen LogP contribution is -2.01. The SMILES string of the molecule is CC/C=C\C(=O)OCCCC. The molecule has 0 unspecified atom stereocenters. The Morgan fingerprint density at radius 3 is 2.73 bits per heavy atom. The largest absolute Gasteiger partial charge is 0.463 e. The highest BCUT2D eigenvalue weighted by Crippen LogP contribution is 1.90. The van der Waals surface area contributed by atoms with Gasteiger partial charge in [0.25, 0.3) is 0 Å². The van der Waals surface area contributed by atoms with Crippen molar-refractivity contribution in [2.75, 3.05) is 6.61 Å². The molecule has 0 rings (SSSR count). The molecule has 2 nitrogen and oxygen atoms in total. The van der Waals surface area contributed by atoms with Gasteiger partial charge in [-0.2, -0.15) is 0 Å². The van der Waals surface area contributed by atoms with E-state index in [1.165, 1.54) is 6.08 Å². The van der Waals surface area contributed by atoms with Gasteiger partial charge in [0.15, 0.2) is 0 Å². The van der Waals surface area contributed by atoms with Crippen molar-refractivity contribution in [1.82, 2.24) is 0 Å². The second-order valence-corrected chi connectivity index (χ2v) is 2.33. The molecule has 0 bridgehead atoms. The Morgan fingerprint density at radius 2 is 2.18 bits per heavy atom. The van der Waals surface area contributed by atoms with Crippen LogP contribution in [0.25, 0.3) is 0 Å². The number of allylic oxidation sites excluding steroid dienone is 1. The Balaban J connectivity index is 3.30. The molecule has 0 saturated carbocycles. The molecule has 11 heavy (non-hydrogen) atoms. The smallest absolute Gasteiger partial charge is 0.330 e. The van der Waals surface area contributed by atoms with Crippen LogP contribution in [0.1, 0.15) is 33.1 Å². The summed E-state index contributed by atoms with van der Waals surface area (Å²) in [5, 5.41) is 0. The number of rotatable bonds is 5. The number of ether oxygens (including phenoxy) is 1. The molecule has 0 radical (unpaired) electrons. The van der Waals surface area contributed by atoms with Gasteiger partial charge in [-0.15, -0.1) is 0 Å². The zero-order valence-electron chi connectivity index (χ0n) is 7.30. The van der Waals surface area contributed by atoms with Crippen LogP contribution in [0.4, 0.5) is 0 Å². The van der Waals surface area contributed by atoms with E-state index in [9.17, 15) is 4.79 Å². The highest BCUT2D eigenvalue weighted by molar-refractivity contribution is 5.81. The van der Waals surface area contributed by atoms with Gasteiger partial charge in [-0.1, -0.05) is 26.3 Å². The summed E-state index contributed by atoms with van der Waals surface area (Å²) in [7, 11) is 0. The first-order chi connectivity index (χ1) is 5.31. The van der Waals surface area contributed by atoms with Crippen LogP contribution in [0.2, 0.25) is 0 Å². The first kappa shape index (κ1) is 10.2. The minimum absolute atomic E-state index is 0.222. The minimum Gasteiger partial charge on any atom is -0.463 e. The fourth-order valence-electron chi connectivity index (χ4n) is 0.579. The van der Waals surface area contributed by atoms with Crippen LogP contribution < -0.4 is 0 Å². The topological polar surface area (TPSA) is 26.3 Å². The van der Waals surface area contributed by atoms with Crippen molar-refractivity contribution in [3.63, 3.8) is 0 Å². The van der Waals surface area contributed by atoms with Crippen LogP contribution in [0.3, 0.4) is 0 Å². The number of esters is 1. The van der Waals surface area contributed by atoms with Gasteiger partial charge < -0.3 is 4.74 Å². The third kappa shape index (κ3) is 7.10. The molecule has 0 aliphatic carbocycles. The van der Waals surface area contributed by atoms with Gasteiger partial charge in [0.2, 0.25) is 0 Å². The predicted octanol–water partition coefficient (Wildman–Crippen LogP) is 2.30. The Labute approximate surface area is 68.2 Å². The molecule has 0 aliphatic rings. The Bertz CT molecular complexity index is 128. The average Bonchev–Trinajstić information content (AvgIpc) is 2.01. The van der Waals surface area contributed by atoms with Crippen LogP contribution in [-0.4, -0.2) is 12.6 Å². The maximum atomic E-state index is 10.8. The molecule has 0 aromatic heterocycles. The van der Waals surface area contributed by atoms with E-state index < -0.39 is 0 Å². The monoisotopic (exact) mass is 156 g/mol. The van der Waals surface area contributed by atoms with Gasteiger partial charge >= 0.3 is 5.97 Å². The summed E-state index contributed by atoms with van der Waals surface area (Å²) in [4.78, 5) is 10.8. The van der Waals surface area contributed by atoms with Crippen molar-refractivity contribution in [2.45, 2.75) is 33.1 Å². The van der Waals surface area contributed by atoms with Crippen molar-refractivity contribution in [2.24, 2.45) is 0 Å². The van der Waals surface area contributed by atoms with Crippen LogP contribution in [0.5, 0.6) is 0 Å². The standard InChI is InChI=1S/C9H16O2/c1-3-5-7-9(10)11-8-6-4-2/h5,7H,3-4,6,8H2,1-2H3/b7-5-. The zero-order chi connectivity index (χ0) is 8.53. The summed E-state index contributed by atoms with van der Waals surface area (Å²) >= 11 is 0. The molecule has 0 aromatic carbocycles. The van der Waals surface area contributed by atoms with Crippen molar-refractivity contribution in [1.29, 1.82) is 0 Å². The molecule has 0 atom stereocenters. The molecule has 0 aliphatic heterocycles. The molecule has 0 aromatic rings. The quantitative estimate of drug-likeness (QED) is 0.347. The highest BCUT2D eigenvalue weighted by Gasteiger charge is 1.93. The predicted molar refractivity (Wildman–Crippen MR) is 45.3 cm³/mol. The zero-order valence-corrected chi connectivity index (χ0v) is 7.30. The van der Waals surface area contributed by atoms with Crippen molar-refractivity contribution in [3.05, 3.63) is 12.2 Å². The summed E-state index contributed by atoms with van der Waals surface area (Å²) in [6.45, 7) is 4.59. The van der Waals surface area contributed by atoms with E-state index in [1.807, 2.05) is 6.92 Å². The summed E-state index contributed by atoms with van der Waals surface area (Å²) < 4.78 is 4.86. The van der Waals surface area contributed by atoms with Gasteiger partial charge in [-0.25, -0.2) is 4.79 Å². The molecule has 0 saturated heterocycles. The summed E-state index contributed by atoms with van der Waals surface area (Å²) in [5.41, 5.74) is 0. The normalized spacial score (nSPS) is 10.4. The van der Waals surface area contributed by atoms with E-state index in [0.717, 1.165) is 19.3 Å². The first-order valence-corrected chi connectivity index (χ1v) is 4.14. The minimum atomic E-state index is -0.222. The lowest BCUT2D eigenvalue weighted by molar-refractivity contribution is -0.137. The maximum Gasteiger partial charge on any atom is 0.330 e. The van der Waals surface area contributed by atoms with Crippen LogP contribution in [-0.2, 0) is 9.53 Å². The molecular formula is C9H16O2. The van der Waals surface area contributed by atoms with Crippen molar-refractivity contribution in [3.8, 4) is 0 Å². The van der Waals surface area contributed by atoms with Crippen LogP contribution in [0, 0.1) is 0 Å². The highest BCUT2D eigenvalue weighted by atomic mass is 16.5. The number of hydrogen-bond acceptors (Lipinski definition) is 2. The lowest BCUT2D eigenvalue weighted by atomic mass is 10.4. The summed E-state index contributed by atoms with van der Waals surface area (Å²) in [6, 6.07) is 0. The van der Waals surface area contributed by atoms with Gasteiger partial charge in [-0.3, -0.25) is 0 Å². The molecule has 0 N–H and O–H groups in total. The van der Waals surface area contributed by atoms with E-state index >= 15 is 0 Å². The maximum absolute atomic E-state index is 10.8. The molecule has 0 heterocycles. The van der Waals surface area contributed by atoms with E-state index in [1.54, 1.807) is 6.08 Å². The fraction of sp³-hybridized carbons (Fsp3) is 0.667. The van der Waals surface area contributed by atoms with E-state index in [2.05, 4.69) is 6.92 Å². The average molecular weight is 156 g/mol. The van der Waals surface area contributed by atoms with Gasteiger partial charge in [0.05, 0.1) is 6.61 Å². The second kappa shape index (κ2) is 7.32. The fourth-order valence-corrected chi connectivity index (χ4v) is 0.579. The number of unbranched alkanes of at least 4 members (excludes halogenated alkanes) is 1. The first-order valence-electron chi connectivity index (χ1n) is 4.14. The molecule has 2 heteroatoms. The van der Waals surface area contributed by atoms with Crippen molar-refractivity contribution < 1.29 is 9.53 Å². The molecule has 0 amide bonds. The van der Waals surface area contributed by atoms with Crippen LogP contribution in [0.15, 0.2) is 12.2 Å². The van der Waals surface area contributed by atoms with Gasteiger partial charge in [0, 0.05) is 6.08 Å². The van der Waals surface area contributed by atoms with Crippen molar-refractivity contribution >= 4 is 5.97 Å². The van der Waals surface area contributed by atoms with E-state index in [-0.39, 0.29) is 5.97 Å². The molecule has 64 valence electrons. The third-order valence-electron chi connectivity index (χ3n) is 1.23.